The van der Waals surface area contributed by atoms with Gasteiger partial charge in [0.2, 0.25) is 0 Å². The fourth-order valence-corrected chi connectivity index (χ4v) is 2.88. The highest BCUT2D eigenvalue weighted by atomic mass is 16.5. The summed E-state index contributed by atoms with van der Waals surface area (Å²) < 4.78 is 5.26. The molecule has 5 heteroatoms. The molecular formula is C22H20N4O. The molecule has 0 radical (unpaired) electrons. The molecule has 0 aliphatic heterocycles. The largest absolute Gasteiger partial charge is 0.497 e. The van der Waals surface area contributed by atoms with Gasteiger partial charge in [0.05, 0.1) is 36.0 Å². The molecule has 4 rings (SSSR count). The van der Waals surface area contributed by atoms with Gasteiger partial charge in [-0.05, 0) is 54.1 Å². The molecule has 0 amide bonds. The van der Waals surface area contributed by atoms with Crippen LogP contribution < -0.4 is 10.2 Å². The van der Waals surface area contributed by atoms with Gasteiger partial charge < -0.3 is 9.72 Å². The van der Waals surface area contributed by atoms with E-state index in [-0.39, 0.29) is 0 Å². The minimum atomic E-state index is 0.584. The van der Waals surface area contributed by atoms with Crippen LogP contribution in [0.4, 0.5) is 5.69 Å². The van der Waals surface area contributed by atoms with Crippen molar-refractivity contribution in [3.05, 3.63) is 90.3 Å². The zero-order valence-corrected chi connectivity index (χ0v) is 15.0. The number of aromatic amines is 1. The van der Waals surface area contributed by atoms with Gasteiger partial charge in [0.1, 0.15) is 11.6 Å². The number of ether oxygens (including phenoxy) is 1. The van der Waals surface area contributed by atoms with Gasteiger partial charge in [-0.25, -0.2) is 4.98 Å². The Kier molecular flexibility index (Phi) is 4.83. The van der Waals surface area contributed by atoms with Crippen LogP contribution in [0.25, 0.3) is 11.0 Å². The van der Waals surface area contributed by atoms with Crippen LogP contribution in [-0.2, 0) is 6.42 Å². The summed E-state index contributed by atoms with van der Waals surface area (Å²) >= 11 is 0. The average Bonchev–Trinajstić information content (AvgIpc) is 3.14. The number of nitrogens with zero attached hydrogens (tertiary/aromatic N) is 2. The van der Waals surface area contributed by atoms with Crippen LogP contribution in [0.2, 0.25) is 0 Å². The molecule has 0 aliphatic carbocycles. The lowest BCUT2D eigenvalue weighted by Gasteiger charge is -2.08. The van der Waals surface area contributed by atoms with Gasteiger partial charge in [0.15, 0.2) is 0 Å². The van der Waals surface area contributed by atoms with Gasteiger partial charge in [-0.15, -0.1) is 0 Å². The zero-order chi connectivity index (χ0) is 18.5. The highest BCUT2D eigenvalue weighted by Crippen LogP contribution is 2.16. The van der Waals surface area contributed by atoms with Crippen LogP contribution in [0.5, 0.6) is 5.75 Å². The third kappa shape index (κ3) is 3.98. The molecule has 134 valence electrons. The first-order valence-corrected chi connectivity index (χ1v) is 8.77. The molecule has 5 nitrogen and oxygen atoms in total. The lowest BCUT2D eigenvalue weighted by Crippen LogP contribution is -2.09. The predicted molar refractivity (Wildman–Crippen MR) is 109 cm³/mol. The van der Waals surface area contributed by atoms with E-state index in [1.807, 2.05) is 78.9 Å². The number of rotatable bonds is 6. The van der Waals surface area contributed by atoms with Gasteiger partial charge in [-0.2, -0.15) is 5.10 Å². The third-order valence-corrected chi connectivity index (χ3v) is 4.29. The Bertz CT molecular complexity index is 1020. The molecule has 4 aromatic rings. The van der Waals surface area contributed by atoms with Gasteiger partial charge in [0.25, 0.3) is 0 Å². The van der Waals surface area contributed by atoms with Crippen molar-refractivity contribution in [3.63, 3.8) is 0 Å². The molecule has 1 aromatic heterocycles. The summed E-state index contributed by atoms with van der Waals surface area (Å²) in [7, 11) is 1.66. The van der Waals surface area contributed by atoms with Crippen LogP contribution in [0.15, 0.2) is 84.0 Å². The Hall–Kier alpha value is -3.60. The van der Waals surface area contributed by atoms with Gasteiger partial charge in [-0.3, -0.25) is 5.43 Å². The number of hydrogen-bond acceptors (Lipinski definition) is 4. The summed E-state index contributed by atoms with van der Waals surface area (Å²) in [5.74, 6) is 1.69. The number of para-hydroxylation sites is 3. The van der Waals surface area contributed by atoms with E-state index in [2.05, 4.69) is 20.5 Å². The molecule has 1 heterocycles. The molecule has 0 atom stereocenters. The summed E-state index contributed by atoms with van der Waals surface area (Å²) in [6, 6.07) is 25.8. The van der Waals surface area contributed by atoms with E-state index in [4.69, 9.17) is 4.74 Å². The van der Waals surface area contributed by atoms with Crippen molar-refractivity contribution in [2.75, 3.05) is 12.5 Å². The summed E-state index contributed by atoms with van der Waals surface area (Å²) in [6.07, 6.45) is 0.584. The van der Waals surface area contributed by atoms with Crippen molar-refractivity contribution in [1.29, 1.82) is 0 Å². The molecule has 2 N–H and O–H groups in total. The maximum atomic E-state index is 5.26. The number of benzene rings is 3. The smallest absolute Gasteiger partial charge is 0.118 e. The van der Waals surface area contributed by atoms with Crippen LogP contribution >= 0.6 is 0 Å². The number of fused-ring (bicyclic) bond motifs is 1. The Labute approximate surface area is 157 Å². The quantitative estimate of drug-likeness (QED) is 0.391. The molecule has 0 saturated carbocycles. The lowest BCUT2D eigenvalue weighted by molar-refractivity contribution is 0.415. The standard InChI is InChI=1S/C22H20N4O/c1-27-18-13-11-16(12-14-18)21(26-25-17-7-3-2-4-8-17)15-22-23-19-9-5-6-10-20(19)24-22/h2-14,25H,15H2,1H3,(H,23,24). The molecule has 0 fully saturated rings. The lowest BCUT2D eigenvalue weighted by atomic mass is 10.1. The molecule has 0 unspecified atom stereocenters. The second kappa shape index (κ2) is 7.74. The Morgan fingerprint density at radius 3 is 2.44 bits per heavy atom. The number of imidazole rings is 1. The molecule has 3 aromatic carbocycles. The van der Waals surface area contributed by atoms with Crippen LogP contribution in [0, 0.1) is 0 Å². The van der Waals surface area contributed by atoms with Crippen molar-refractivity contribution in [1.82, 2.24) is 9.97 Å². The number of hydrazone groups is 1. The number of nitrogens with one attached hydrogen (secondary N) is 2. The number of aromatic nitrogens is 2. The predicted octanol–water partition coefficient (Wildman–Crippen LogP) is 4.63. The van der Waals surface area contributed by atoms with Crippen molar-refractivity contribution in [3.8, 4) is 5.75 Å². The monoisotopic (exact) mass is 356 g/mol. The number of hydrogen-bond donors (Lipinski definition) is 2. The SMILES string of the molecule is COc1ccc(C(Cc2nc3ccccc3[nH]2)=NNc2ccccc2)cc1. The van der Waals surface area contributed by atoms with Gasteiger partial charge in [-0.1, -0.05) is 30.3 Å². The maximum absolute atomic E-state index is 5.26. The molecule has 0 spiro atoms. The third-order valence-electron chi connectivity index (χ3n) is 4.29. The van der Waals surface area contributed by atoms with Crippen LogP contribution in [0.1, 0.15) is 11.4 Å². The van der Waals surface area contributed by atoms with E-state index in [1.54, 1.807) is 7.11 Å². The summed E-state index contributed by atoms with van der Waals surface area (Å²) in [5, 5.41) is 4.65. The second-order valence-electron chi connectivity index (χ2n) is 6.14. The maximum Gasteiger partial charge on any atom is 0.118 e. The number of anilines is 1. The first kappa shape index (κ1) is 16.8. The Morgan fingerprint density at radius 2 is 1.70 bits per heavy atom. The van der Waals surface area contributed by atoms with Crippen molar-refractivity contribution in [2.45, 2.75) is 6.42 Å². The van der Waals surface area contributed by atoms with E-state index in [0.717, 1.165) is 39.6 Å². The fraction of sp³-hybridized carbons (Fsp3) is 0.0909. The van der Waals surface area contributed by atoms with Crippen LogP contribution in [0.3, 0.4) is 0 Å². The van der Waals surface area contributed by atoms with Gasteiger partial charge >= 0.3 is 0 Å². The van der Waals surface area contributed by atoms with Gasteiger partial charge in [0, 0.05) is 0 Å². The highest BCUT2D eigenvalue weighted by Gasteiger charge is 2.10. The number of methoxy groups -OCH3 is 1. The van der Waals surface area contributed by atoms with E-state index in [9.17, 15) is 0 Å². The molecule has 0 aliphatic rings. The Balaban J connectivity index is 1.65. The fourth-order valence-electron chi connectivity index (χ4n) is 2.88. The highest BCUT2D eigenvalue weighted by molar-refractivity contribution is 6.02. The van der Waals surface area contributed by atoms with Crippen molar-refractivity contribution >= 4 is 22.4 Å². The summed E-state index contributed by atoms with van der Waals surface area (Å²) in [4.78, 5) is 8.05. The molecule has 0 bridgehead atoms. The number of H-pyrrole nitrogens is 1. The van der Waals surface area contributed by atoms with Crippen LogP contribution in [-0.4, -0.2) is 22.8 Å². The van der Waals surface area contributed by atoms with Crippen molar-refractivity contribution < 1.29 is 4.74 Å². The van der Waals surface area contributed by atoms with E-state index < -0.39 is 0 Å². The molecular weight excluding hydrogens is 336 g/mol. The minimum absolute atomic E-state index is 0.584. The molecule has 27 heavy (non-hydrogen) atoms. The Morgan fingerprint density at radius 1 is 0.963 bits per heavy atom. The summed E-state index contributed by atoms with van der Waals surface area (Å²) in [6.45, 7) is 0. The zero-order valence-electron chi connectivity index (χ0n) is 15.0. The summed E-state index contributed by atoms with van der Waals surface area (Å²) in [5.41, 5.74) is 7.96. The normalized spacial score (nSPS) is 11.5. The average molecular weight is 356 g/mol. The first-order chi connectivity index (χ1) is 13.3. The second-order valence-corrected chi connectivity index (χ2v) is 6.14. The molecule has 0 saturated heterocycles. The minimum Gasteiger partial charge on any atom is -0.497 e. The topological polar surface area (TPSA) is 62.3 Å². The van der Waals surface area contributed by atoms with E-state index >= 15 is 0 Å². The van der Waals surface area contributed by atoms with Crippen molar-refractivity contribution in [2.24, 2.45) is 5.10 Å². The van der Waals surface area contributed by atoms with E-state index in [0.29, 0.717) is 6.42 Å². The first-order valence-electron chi connectivity index (χ1n) is 8.77. The van der Waals surface area contributed by atoms with E-state index in [1.165, 1.54) is 0 Å².